The second kappa shape index (κ2) is 10.5. The highest BCUT2D eigenvalue weighted by molar-refractivity contribution is 5.64. The second-order valence-electron chi connectivity index (χ2n) is 8.92. The number of fused-ring (bicyclic) bond motifs is 1. The Morgan fingerprint density at radius 2 is 1.94 bits per heavy atom. The maximum atomic E-state index is 13.2. The molecule has 2 heterocycles. The zero-order valence-corrected chi connectivity index (χ0v) is 19.1. The number of rotatable bonds is 7. The molecule has 0 aromatic heterocycles. The molecule has 1 atom stereocenters. The maximum absolute atomic E-state index is 13.2. The number of hydrogen-bond acceptors (Lipinski definition) is 6. The minimum atomic E-state index is -0.922. The van der Waals surface area contributed by atoms with Crippen LogP contribution in [0, 0.1) is 5.82 Å². The number of piperidine rings is 1. The van der Waals surface area contributed by atoms with Crippen molar-refractivity contribution < 1.29 is 28.5 Å². The van der Waals surface area contributed by atoms with Gasteiger partial charge in [-0.2, -0.15) is 0 Å². The van der Waals surface area contributed by atoms with E-state index in [4.69, 9.17) is 14.2 Å². The van der Waals surface area contributed by atoms with Crippen molar-refractivity contribution in [2.24, 2.45) is 0 Å². The van der Waals surface area contributed by atoms with E-state index in [-0.39, 0.29) is 11.9 Å². The topological polar surface area (TPSA) is 68.2 Å². The third kappa shape index (κ3) is 5.84. The van der Waals surface area contributed by atoms with E-state index in [2.05, 4.69) is 11.8 Å². The number of halogens is 1. The summed E-state index contributed by atoms with van der Waals surface area (Å²) in [6, 6.07) is 11.8. The van der Waals surface area contributed by atoms with Crippen LogP contribution in [0.5, 0.6) is 11.5 Å². The fraction of sp³-hybridized carbons (Fsp3) is 0.500. The molecule has 2 aromatic rings. The first-order valence-electron chi connectivity index (χ1n) is 11.8. The quantitative estimate of drug-likeness (QED) is 0.365. The van der Waals surface area contributed by atoms with Crippen molar-refractivity contribution in [3.63, 3.8) is 0 Å². The Labute approximate surface area is 194 Å². The van der Waals surface area contributed by atoms with Gasteiger partial charge in [-0.25, -0.2) is 9.18 Å². The van der Waals surface area contributed by atoms with Crippen LogP contribution < -0.4 is 9.47 Å². The maximum Gasteiger partial charge on any atom is 0.513 e. The van der Waals surface area contributed by atoms with Gasteiger partial charge in [-0.05, 0) is 55.0 Å². The number of unbranched alkanes of at least 4 members (excludes halogenated alkanes) is 2. The molecule has 2 aliphatic rings. The first-order valence-corrected chi connectivity index (χ1v) is 11.8. The summed E-state index contributed by atoms with van der Waals surface area (Å²) >= 11 is 0. The van der Waals surface area contributed by atoms with Crippen LogP contribution in [-0.2, 0) is 16.8 Å². The van der Waals surface area contributed by atoms with Gasteiger partial charge in [-0.1, -0.05) is 38.0 Å². The van der Waals surface area contributed by atoms with Crippen molar-refractivity contribution in [2.45, 2.75) is 57.1 Å². The van der Waals surface area contributed by atoms with Crippen molar-refractivity contribution in [1.29, 1.82) is 0 Å². The molecule has 33 heavy (non-hydrogen) atoms. The Hall–Kier alpha value is -2.64. The SMILES string of the molecule is CCCCCOC(=O)Oc1ccc2c(c1)OC[C@H](N1CCC(O)(c3ccc(F)cc3)CC1)C2. The van der Waals surface area contributed by atoms with Gasteiger partial charge in [-0.15, -0.1) is 0 Å². The van der Waals surface area contributed by atoms with Crippen molar-refractivity contribution in [1.82, 2.24) is 4.90 Å². The predicted octanol–water partition coefficient (Wildman–Crippen LogP) is 4.82. The standard InChI is InChI=1S/C26H32FNO5/c1-2-3-4-15-31-25(29)33-23-10-5-19-16-22(18-32-24(19)17-23)28-13-11-26(30,12-14-28)20-6-8-21(27)9-7-20/h5-10,17,22,30H,2-4,11-16,18H2,1H3/t22-/m1/s1. The molecule has 2 aromatic carbocycles. The minimum Gasteiger partial charge on any atom is -0.492 e. The fourth-order valence-corrected chi connectivity index (χ4v) is 4.58. The number of carbonyl (C=O) groups is 1. The Morgan fingerprint density at radius 1 is 1.18 bits per heavy atom. The van der Waals surface area contributed by atoms with Gasteiger partial charge in [0.05, 0.1) is 12.2 Å². The molecule has 0 unspecified atom stereocenters. The molecule has 2 aliphatic heterocycles. The average molecular weight is 458 g/mol. The molecule has 0 aliphatic carbocycles. The van der Waals surface area contributed by atoms with Gasteiger partial charge >= 0.3 is 6.16 Å². The Bertz CT molecular complexity index is 940. The molecule has 0 radical (unpaired) electrons. The third-order valence-corrected chi connectivity index (χ3v) is 6.62. The van der Waals surface area contributed by atoms with E-state index < -0.39 is 11.8 Å². The predicted molar refractivity (Wildman–Crippen MR) is 122 cm³/mol. The highest BCUT2D eigenvalue weighted by atomic mass is 19.1. The van der Waals surface area contributed by atoms with Crippen LogP contribution >= 0.6 is 0 Å². The lowest BCUT2D eigenvalue weighted by molar-refractivity contribution is -0.0416. The largest absolute Gasteiger partial charge is 0.513 e. The van der Waals surface area contributed by atoms with Crippen molar-refractivity contribution in [2.75, 3.05) is 26.3 Å². The summed E-state index contributed by atoms with van der Waals surface area (Å²) in [6.07, 6.45) is 4.23. The molecule has 0 spiro atoms. The van der Waals surface area contributed by atoms with Gasteiger partial charge in [0.15, 0.2) is 0 Å². The smallest absolute Gasteiger partial charge is 0.492 e. The number of benzene rings is 2. The van der Waals surface area contributed by atoms with Crippen molar-refractivity contribution in [3.05, 3.63) is 59.4 Å². The lowest BCUT2D eigenvalue weighted by Crippen LogP contribution is -2.50. The van der Waals surface area contributed by atoms with Crippen LogP contribution in [0.15, 0.2) is 42.5 Å². The summed E-state index contributed by atoms with van der Waals surface area (Å²) < 4.78 is 29.6. The van der Waals surface area contributed by atoms with Gasteiger partial charge < -0.3 is 19.3 Å². The highest BCUT2D eigenvalue weighted by Gasteiger charge is 2.37. The highest BCUT2D eigenvalue weighted by Crippen LogP contribution is 2.36. The first-order chi connectivity index (χ1) is 16.0. The van der Waals surface area contributed by atoms with E-state index in [0.29, 0.717) is 31.8 Å². The average Bonchev–Trinajstić information content (AvgIpc) is 2.82. The zero-order chi connectivity index (χ0) is 23.3. The van der Waals surface area contributed by atoms with E-state index in [1.54, 1.807) is 24.3 Å². The van der Waals surface area contributed by atoms with Crippen LogP contribution in [0.1, 0.15) is 50.2 Å². The summed E-state index contributed by atoms with van der Waals surface area (Å²) in [5, 5.41) is 11.1. The van der Waals surface area contributed by atoms with Gasteiger partial charge in [0, 0.05) is 25.2 Å². The Morgan fingerprint density at radius 3 is 2.67 bits per heavy atom. The molecule has 0 bridgehead atoms. The summed E-state index contributed by atoms with van der Waals surface area (Å²) in [4.78, 5) is 14.2. The number of nitrogens with zero attached hydrogens (tertiary/aromatic N) is 1. The summed E-state index contributed by atoms with van der Waals surface area (Å²) in [5.74, 6) is 0.840. The third-order valence-electron chi connectivity index (χ3n) is 6.62. The Balaban J connectivity index is 1.29. The molecule has 7 heteroatoms. The molecule has 6 nitrogen and oxygen atoms in total. The van der Waals surface area contributed by atoms with E-state index in [9.17, 15) is 14.3 Å². The van der Waals surface area contributed by atoms with Crippen LogP contribution in [0.25, 0.3) is 0 Å². The first kappa shape index (κ1) is 23.5. The minimum absolute atomic E-state index is 0.213. The van der Waals surface area contributed by atoms with E-state index >= 15 is 0 Å². The van der Waals surface area contributed by atoms with Gasteiger partial charge in [0.1, 0.15) is 23.9 Å². The lowest BCUT2D eigenvalue weighted by atomic mass is 9.83. The molecular weight excluding hydrogens is 425 g/mol. The van der Waals surface area contributed by atoms with Gasteiger partial charge in [0.2, 0.25) is 0 Å². The summed E-state index contributed by atoms with van der Waals surface area (Å²) in [7, 11) is 0. The molecular formula is C26H32FNO5. The molecule has 1 fully saturated rings. The molecule has 0 amide bonds. The van der Waals surface area contributed by atoms with Crippen LogP contribution in [0.3, 0.4) is 0 Å². The number of aliphatic hydroxyl groups is 1. The van der Waals surface area contributed by atoms with E-state index in [1.807, 2.05) is 6.07 Å². The number of likely N-dealkylation sites (tertiary alicyclic amines) is 1. The number of carbonyl (C=O) groups excluding carboxylic acids is 1. The van der Waals surface area contributed by atoms with E-state index in [1.165, 1.54) is 12.1 Å². The van der Waals surface area contributed by atoms with Crippen LogP contribution in [0.2, 0.25) is 0 Å². The fourth-order valence-electron chi connectivity index (χ4n) is 4.58. The molecule has 1 N–H and O–H groups in total. The molecule has 4 rings (SSSR count). The normalized spacial score (nSPS) is 19.9. The van der Waals surface area contributed by atoms with Crippen LogP contribution in [0.4, 0.5) is 9.18 Å². The summed E-state index contributed by atoms with van der Waals surface area (Å²) in [6.45, 7) is 4.47. The van der Waals surface area contributed by atoms with E-state index in [0.717, 1.165) is 55.6 Å². The lowest BCUT2D eigenvalue weighted by Gasteiger charge is -2.43. The molecule has 0 saturated carbocycles. The monoisotopic (exact) mass is 457 g/mol. The zero-order valence-electron chi connectivity index (χ0n) is 19.1. The van der Waals surface area contributed by atoms with Gasteiger partial charge in [-0.3, -0.25) is 4.90 Å². The van der Waals surface area contributed by atoms with Crippen molar-refractivity contribution in [3.8, 4) is 11.5 Å². The summed E-state index contributed by atoms with van der Waals surface area (Å²) in [5.41, 5.74) is 0.911. The van der Waals surface area contributed by atoms with Crippen molar-refractivity contribution >= 4 is 6.16 Å². The number of ether oxygens (including phenoxy) is 3. The van der Waals surface area contributed by atoms with Crippen LogP contribution in [-0.4, -0.2) is 48.5 Å². The second-order valence-corrected chi connectivity index (χ2v) is 8.92. The molecule has 178 valence electrons. The Kier molecular flexibility index (Phi) is 7.50. The number of hydrogen-bond donors (Lipinski definition) is 1. The van der Waals surface area contributed by atoms with Gasteiger partial charge in [0.25, 0.3) is 0 Å². The molecule has 1 saturated heterocycles.